The molecule has 1 aliphatic heterocycles. The molecule has 0 radical (unpaired) electrons. The number of benzene rings is 3. The Kier molecular flexibility index (Phi) is 7.46. The van der Waals surface area contributed by atoms with Gasteiger partial charge in [0.15, 0.2) is 9.84 Å². The van der Waals surface area contributed by atoms with E-state index in [1.807, 2.05) is 0 Å². The molecule has 0 bridgehead atoms. The Hall–Kier alpha value is -3.96. The zero-order chi connectivity index (χ0) is 26.7. The Morgan fingerprint density at radius 1 is 1.08 bits per heavy atom. The Balaban J connectivity index is 1.54. The van der Waals surface area contributed by atoms with Crippen molar-refractivity contribution in [1.29, 1.82) is 0 Å². The second-order valence-corrected chi connectivity index (χ2v) is 10.8. The maximum Gasteiger partial charge on any atom is 0.322 e. The van der Waals surface area contributed by atoms with Crippen LogP contribution in [0.5, 0.6) is 0 Å². The van der Waals surface area contributed by atoms with Gasteiger partial charge in [-0.15, -0.1) is 0 Å². The van der Waals surface area contributed by atoms with Gasteiger partial charge in [0.1, 0.15) is 11.9 Å². The van der Waals surface area contributed by atoms with Gasteiger partial charge in [-0.3, -0.25) is 4.79 Å². The number of hydrogen-bond acceptors (Lipinski definition) is 6. The van der Waals surface area contributed by atoms with E-state index in [4.69, 9.17) is 11.6 Å². The molecule has 1 heterocycles. The molecular formula is C25H22ClFN4O5S. The molecule has 3 aromatic rings. The van der Waals surface area contributed by atoms with Crippen LogP contribution in [0, 0.1) is 5.82 Å². The number of urea groups is 1. The third-order valence-electron chi connectivity index (χ3n) is 5.78. The number of likely N-dealkylation sites (tertiary alicyclic amines) is 1. The first-order chi connectivity index (χ1) is 17.6. The molecular weight excluding hydrogens is 523 g/mol. The van der Waals surface area contributed by atoms with Gasteiger partial charge < -0.3 is 20.7 Å². The van der Waals surface area contributed by atoms with Crippen molar-refractivity contribution in [2.45, 2.75) is 17.4 Å². The van der Waals surface area contributed by atoms with E-state index in [1.165, 1.54) is 23.1 Å². The van der Waals surface area contributed by atoms with Crippen molar-refractivity contribution in [1.82, 2.24) is 4.90 Å². The summed E-state index contributed by atoms with van der Waals surface area (Å²) in [6.45, 7) is -0.0995. The smallest absolute Gasteiger partial charge is 0.322 e. The molecule has 9 nitrogen and oxygen atoms in total. The van der Waals surface area contributed by atoms with Crippen LogP contribution in [-0.4, -0.2) is 55.0 Å². The summed E-state index contributed by atoms with van der Waals surface area (Å²) in [6.07, 6.45) is 1.02. The number of nitrogens with one attached hydrogen (secondary N) is 2. The zero-order valence-electron chi connectivity index (χ0n) is 19.5. The van der Waals surface area contributed by atoms with E-state index >= 15 is 0 Å². The van der Waals surface area contributed by atoms with Crippen molar-refractivity contribution in [3.63, 3.8) is 0 Å². The fraction of sp³-hybridized carbons (Fsp3) is 0.160. The van der Waals surface area contributed by atoms with Crippen molar-refractivity contribution in [2.24, 2.45) is 5.16 Å². The average Bonchev–Trinajstić information content (AvgIpc) is 3.31. The predicted octanol–water partition coefficient (Wildman–Crippen LogP) is 4.62. The largest absolute Gasteiger partial charge is 0.411 e. The van der Waals surface area contributed by atoms with E-state index < -0.39 is 33.6 Å². The predicted molar refractivity (Wildman–Crippen MR) is 138 cm³/mol. The molecule has 0 unspecified atom stereocenters. The number of carbonyl (C=O) groups is 2. The fourth-order valence-electron chi connectivity index (χ4n) is 3.98. The molecule has 3 N–H and O–H groups in total. The molecule has 0 saturated carbocycles. The number of hydrogen-bond donors (Lipinski definition) is 3. The lowest BCUT2D eigenvalue weighted by atomic mass is 10.0. The lowest BCUT2D eigenvalue weighted by Crippen LogP contribution is -2.45. The van der Waals surface area contributed by atoms with Crippen LogP contribution in [0.25, 0.3) is 11.1 Å². The minimum atomic E-state index is -3.56. The van der Waals surface area contributed by atoms with E-state index in [0.717, 1.165) is 12.3 Å². The molecule has 0 spiro atoms. The van der Waals surface area contributed by atoms with Crippen LogP contribution in [0.1, 0.15) is 6.42 Å². The lowest BCUT2D eigenvalue weighted by Gasteiger charge is -2.24. The van der Waals surface area contributed by atoms with Gasteiger partial charge in [0.2, 0.25) is 5.91 Å². The van der Waals surface area contributed by atoms with Gasteiger partial charge in [-0.1, -0.05) is 41.0 Å². The molecule has 1 saturated heterocycles. The van der Waals surface area contributed by atoms with E-state index in [2.05, 4.69) is 15.8 Å². The van der Waals surface area contributed by atoms with Crippen LogP contribution in [0.3, 0.4) is 0 Å². The Morgan fingerprint density at radius 2 is 1.78 bits per heavy atom. The number of carbonyl (C=O) groups excluding carboxylic acids is 2. The molecule has 1 atom stereocenters. The summed E-state index contributed by atoms with van der Waals surface area (Å²) in [7, 11) is -3.56. The summed E-state index contributed by atoms with van der Waals surface area (Å²) in [5.41, 5.74) is 1.14. The van der Waals surface area contributed by atoms with Crippen LogP contribution in [-0.2, 0) is 14.6 Å². The third kappa shape index (κ3) is 5.89. The van der Waals surface area contributed by atoms with Crippen LogP contribution >= 0.6 is 11.6 Å². The first kappa shape index (κ1) is 26.1. The summed E-state index contributed by atoms with van der Waals surface area (Å²) in [5, 5.41) is 18.0. The SMILES string of the molecule is CS(=O)(=O)c1ccccc1-c1ccc(NC(=O)[C@H]2C/C(=N/O)CN2C(=O)Nc2ccc(Cl)cc2)c(F)c1. The summed E-state index contributed by atoms with van der Waals surface area (Å²) in [5.74, 6) is -1.48. The third-order valence-corrected chi connectivity index (χ3v) is 7.19. The number of nitrogens with zero attached hydrogens (tertiary/aromatic N) is 2. The van der Waals surface area contributed by atoms with Gasteiger partial charge in [-0.2, -0.15) is 0 Å². The van der Waals surface area contributed by atoms with Gasteiger partial charge in [0.25, 0.3) is 0 Å². The van der Waals surface area contributed by atoms with Crippen molar-refractivity contribution in [2.75, 3.05) is 23.4 Å². The number of oxime groups is 1. The van der Waals surface area contributed by atoms with Gasteiger partial charge in [0, 0.05) is 29.0 Å². The Bertz CT molecular complexity index is 1500. The molecule has 3 amide bonds. The minimum Gasteiger partial charge on any atom is -0.411 e. The number of sulfone groups is 1. The van der Waals surface area contributed by atoms with Crippen molar-refractivity contribution in [3.8, 4) is 11.1 Å². The van der Waals surface area contributed by atoms with Crippen LogP contribution < -0.4 is 10.6 Å². The number of halogens is 2. The van der Waals surface area contributed by atoms with Crippen LogP contribution in [0.15, 0.2) is 76.8 Å². The van der Waals surface area contributed by atoms with Gasteiger partial charge in [-0.25, -0.2) is 17.6 Å². The summed E-state index contributed by atoms with van der Waals surface area (Å²) < 4.78 is 39.2. The molecule has 0 aliphatic carbocycles. The van der Waals surface area contributed by atoms with Crippen LogP contribution in [0.4, 0.5) is 20.6 Å². The van der Waals surface area contributed by atoms with Gasteiger partial charge in [0.05, 0.1) is 22.8 Å². The monoisotopic (exact) mass is 544 g/mol. The second-order valence-electron chi connectivity index (χ2n) is 8.40. The van der Waals surface area contributed by atoms with Gasteiger partial charge in [-0.05, 0) is 48.0 Å². The Labute approximate surface area is 217 Å². The minimum absolute atomic E-state index is 0.0438. The standard InChI is InChI=1S/C25H22ClFN4O5S/c1-37(35,36)23-5-3-2-4-19(23)15-6-11-21(20(27)12-15)29-24(32)22-13-18(30-34)14-31(22)25(33)28-17-9-7-16(26)8-10-17/h2-12,22,34H,13-14H2,1H3,(H,28,33)(H,29,32)/b30-18-/t22-/m1/s1. The highest BCUT2D eigenvalue weighted by Gasteiger charge is 2.38. The van der Waals surface area contributed by atoms with E-state index in [1.54, 1.807) is 42.5 Å². The quantitative estimate of drug-likeness (QED) is 0.319. The zero-order valence-corrected chi connectivity index (χ0v) is 21.1. The molecule has 37 heavy (non-hydrogen) atoms. The molecule has 192 valence electrons. The van der Waals surface area contributed by atoms with Crippen molar-refractivity contribution in [3.05, 3.63) is 77.6 Å². The number of amides is 3. The fourth-order valence-corrected chi connectivity index (χ4v) is 5.02. The van der Waals surface area contributed by atoms with Crippen molar-refractivity contribution < 1.29 is 27.6 Å². The molecule has 12 heteroatoms. The molecule has 1 aliphatic rings. The number of rotatable bonds is 5. The lowest BCUT2D eigenvalue weighted by molar-refractivity contribution is -0.119. The average molecular weight is 545 g/mol. The van der Waals surface area contributed by atoms with Crippen LogP contribution in [0.2, 0.25) is 5.02 Å². The summed E-state index contributed by atoms with van der Waals surface area (Å²) in [6, 6.07) is 14.8. The van der Waals surface area contributed by atoms with Crippen molar-refractivity contribution >= 4 is 50.5 Å². The topological polar surface area (TPSA) is 128 Å². The second kappa shape index (κ2) is 10.6. The molecule has 0 aromatic heterocycles. The van der Waals surface area contributed by atoms with E-state index in [0.29, 0.717) is 21.8 Å². The van der Waals surface area contributed by atoms with E-state index in [9.17, 15) is 27.6 Å². The highest BCUT2D eigenvalue weighted by molar-refractivity contribution is 7.90. The highest BCUT2D eigenvalue weighted by Crippen LogP contribution is 2.30. The summed E-state index contributed by atoms with van der Waals surface area (Å²) >= 11 is 5.86. The molecule has 1 fully saturated rings. The first-order valence-electron chi connectivity index (χ1n) is 11.0. The van der Waals surface area contributed by atoms with E-state index in [-0.39, 0.29) is 29.3 Å². The normalized spacial score (nSPS) is 16.6. The maximum absolute atomic E-state index is 15.0. The maximum atomic E-state index is 15.0. The molecule has 4 rings (SSSR count). The Morgan fingerprint density at radius 3 is 2.43 bits per heavy atom. The highest BCUT2D eigenvalue weighted by atomic mass is 35.5. The first-order valence-corrected chi connectivity index (χ1v) is 13.3. The molecule has 3 aromatic carbocycles. The number of anilines is 2. The van der Waals surface area contributed by atoms with Gasteiger partial charge >= 0.3 is 6.03 Å². The summed E-state index contributed by atoms with van der Waals surface area (Å²) in [4.78, 5) is 27.1.